The van der Waals surface area contributed by atoms with Gasteiger partial charge in [0.1, 0.15) is 5.82 Å². The number of aliphatic hydroxyl groups excluding tert-OH is 1. The summed E-state index contributed by atoms with van der Waals surface area (Å²) in [6.45, 7) is 3.26. The molecule has 1 fully saturated rings. The highest BCUT2D eigenvalue weighted by Crippen LogP contribution is 2.48. The Balaban J connectivity index is 1.92. The van der Waals surface area contributed by atoms with Gasteiger partial charge in [0.05, 0.1) is 0 Å². The van der Waals surface area contributed by atoms with Crippen molar-refractivity contribution >= 4 is 21.7 Å². The number of aromatic nitrogens is 1. The van der Waals surface area contributed by atoms with Crippen molar-refractivity contribution in [1.29, 1.82) is 0 Å². The Hall–Kier alpha value is -0.610. The normalized spacial score (nSPS) is 17.2. The summed E-state index contributed by atoms with van der Waals surface area (Å²) in [6, 6.07) is 2.04. The highest BCUT2D eigenvalue weighted by atomic mass is 79.9. The number of rotatable bonds is 5. The van der Waals surface area contributed by atoms with Gasteiger partial charge in [0, 0.05) is 23.8 Å². The molecule has 2 rings (SSSR count). The van der Waals surface area contributed by atoms with E-state index in [-0.39, 0.29) is 6.61 Å². The van der Waals surface area contributed by atoms with E-state index in [0.717, 1.165) is 23.3 Å². The second-order valence-corrected chi connectivity index (χ2v) is 5.50. The van der Waals surface area contributed by atoms with Crippen molar-refractivity contribution in [3.05, 3.63) is 22.3 Å². The molecular weight excluding hydrogens is 268 g/mol. The minimum Gasteiger partial charge on any atom is -0.396 e. The van der Waals surface area contributed by atoms with Gasteiger partial charge in [-0.2, -0.15) is 0 Å². The Bertz CT molecular complexity index is 377. The first kappa shape index (κ1) is 11.9. The molecule has 0 aromatic carbocycles. The van der Waals surface area contributed by atoms with Gasteiger partial charge in [0.25, 0.3) is 0 Å². The predicted molar refractivity (Wildman–Crippen MR) is 68.5 cm³/mol. The zero-order chi connectivity index (χ0) is 11.6. The van der Waals surface area contributed by atoms with Gasteiger partial charge in [-0.1, -0.05) is 0 Å². The number of anilines is 1. The highest BCUT2D eigenvalue weighted by molar-refractivity contribution is 9.10. The van der Waals surface area contributed by atoms with Crippen molar-refractivity contribution in [1.82, 2.24) is 4.98 Å². The van der Waals surface area contributed by atoms with Crippen molar-refractivity contribution in [2.24, 2.45) is 5.41 Å². The lowest BCUT2D eigenvalue weighted by molar-refractivity contribution is 0.253. The quantitative estimate of drug-likeness (QED) is 0.874. The van der Waals surface area contributed by atoms with E-state index in [0.29, 0.717) is 5.41 Å². The van der Waals surface area contributed by atoms with E-state index in [9.17, 15) is 0 Å². The number of hydrogen-bond acceptors (Lipinski definition) is 3. The van der Waals surface area contributed by atoms with Gasteiger partial charge >= 0.3 is 0 Å². The molecule has 0 amide bonds. The Labute approximate surface area is 104 Å². The zero-order valence-corrected chi connectivity index (χ0v) is 11.0. The molecule has 0 spiro atoms. The topological polar surface area (TPSA) is 45.1 Å². The van der Waals surface area contributed by atoms with Crippen LogP contribution in [0.2, 0.25) is 0 Å². The fourth-order valence-electron chi connectivity index (χ4n) is 1.84. The number of pyridine rings is 1. The van der Waals surface area contributed by atoms with Crippen LogP contribution in [0.3, 0.4) is 0 Å². The number of nitrogens with one attached hydrogen (secondary N) is 1. The van der Waals surface area contributed by atoms with Crippen molar-refractivity contribution < 1.29 is 5.11 Å². The standard InChI is InChI=1S/C12H17BrN2O/c1-9-6-11(14-7-10(9)13)15-8-12(2-3-12)4-5-16/h6-7,16H,2-5,8H2,1H3,(H,14,15). The van der Waals surface area contributed by atoms with Crippen LogP contribution in [0, 0.1) is 12.3 Å². The van der Waals surface area contributed by atoms with Crippen LogP contribution in [0.15, 0.2) is 16.7 Å². The zero-order valence-electron chi connectivity index (χ0n) is 9.46. The molecular formula is C12H17BrN2O. The Morgan fingerprint density at radius 3 is 2.88 bits per heavy atom. The molecule has 1 aliphatic carbocycles. The first-order valence-corrected chi connectivity index (χ1v) is 6.41. The summed E-state index contributed by atoms with van der Waals surface area (Å²) in [6.07, 6.45) is 5.16. The van der Waals surface area contributed by atoms with E-state index < -0.39 is 0 Å². The minimum atomic E-state index is 0.286. The summed E-state index contributed by atoms with van der Waals surface area (Å²) in [5.41, 5.74) is 1.52. The molecule has 0 radical (unpaired) electrons. The lowest BCUT2D eigenvalue weighted by Gasteiger charge is -2.15. The first-order chi connectivity index (χ1) is 7.65. The molecule has 0 aliphatic heterocycles. The van der Waals surface area contributed by atoms with Gasteiger partial charge in [-0.05, 0) is 59.2 Å². The maximum absolute atomic E-state index is 8.97. The second kappa shape index (κ2) is 4.72. The molecule has 1 saturated carbocycles. The van der Waals surface area contributed by atoms with Crippen LogP contribution < -0.4 is 5.32 Å². The molecule has 4 heteroatoms. The molecule has 1 heterocycles. The fourth-order valence-corrected chi connectivity index (χ4v) is 2.06. The van der Waals surface area contributed by atoms with Crippen molar-refractivity contribution in [2.75, 3.05) is 18.5 Å². The van der Waals surface area contributed by atoms with Gasteiger partial charge < -0.3 is 10.4 Å². The maximum Gasteiger partial charge on any atom is 0.126 e. The van der Waals surface area contributed by atoms with E-state index in [1.807, 2.05) is 12.3 Å². The molecule has 16 heavy (non-hydrogen) atoms. The van der Waals surface area contributed by atoms with Crippen LogP contribution in [-0.2, 0) is 0 Å². The summed E-state index contributed by atoms with van der Waals surface area (Å²) >= 11 is 3.43. The smallest absolute Gasteiger partial charge is 0.126 e. The maximum atomic E-state index is 8.97. The van der Waals surface area contributed by atoms with Crippen LogP contribution in [0.25, 0.3) is 0 Å². The number of aliphatic hydroxyl groups is 1. The minimum absolute atomic E-state index is 0.286. The van der Waals surface area contributed by atoms with E-state index in [1.165, 1.54) is 18.4 Å². The fraction of sp³-hybridized carbons (Fsp3) is 0.583. The van der Waals surface area contributed by atoms with Crippen LogP contribution >= 0.6 is 15.9 Å². The Morgan fingerprint density at radius 1 is 1.56 bits per heavy atom. The molecule has 0 bridgehead atoms. The number of aryl methyl sites for hydroxylation is 1. The van der Waals surface area contributed by atoms with E-state index >= 15 is 0 Å². The van der Waals surface area contributed by atoms with Crippen molar-refractivity contribution in [3.8, 4) is 0 Å². The Kier molecular flexibility index (Phi) is 3.50. The molecule has 2 N–H and O–H groups in total. The molecule has 1 aliphatic rings. The Morgan fingerprint density at radius 2 is 2.31 bits per heavy atom. The summed E-state index contributed by atoms with van der Waals surface area (Å²) in [5.74, 6) is 0.921. The summed E-state index contributed by atoms with van der Waals surface area (Å²) < 4.78 is 1.04. The molecule has 1 aromatic heterocycles. The largest absolute Gasteiger partial charge is 0.396 e. The highest BCUT2D eigenvalue weighted by Gasteiger charge is 2.41. The van der Waals surface area contributed by atoms with E-state index in [2.05, 4.69) is 33.2 Å². The van der Waals surface area contributed by atoms with E-state index in [1.54, 1.807) is 0 Å². The van der Waals surface area contributed by atoms with Crippen LogP contribution in [0.5, 0.6) is 0 Å². The summed E-state index contributed by atoms with van der Waals surface area (Å²) in [4.78, 5) is 4.31. The third kappa shape index (κ3) is 2.74. The second-order valence-electron chi connectivity index (χ2n) is 4.65. The molecule has 0 unspecified atom stereocenters. The number of halogens is 1. The van der Waals surface area contributed by atoms with Crippen LogP contribution in [0.1, 0.15) is 24.8 Å². The SMILES string of the molecule is Cc1cc(NCC2(CCO)CC2)ncc1Br. The average Bonchev–Trinajstić information content (AvgIpc) is 3.01. The monoisotopic (exact) mass is 284 g/mol. The summed E-state index contributed by atoms with van der Waals surface area (Å²) in [7, 11) is 0. The lowest BCUT2D eigenvalue weighted by atomic mass is 10.0. The van der Waals surface area contributed by atoms with Crippen molar-refractivity contribution in [3.63, 3.8) is 0 Å². The predicted octanol–water partition coefficient (Wildman–Crippen LogP) is 2.73. The van der Waals surface area contributed by atoms with Crippen molar-refractivity contribution in [2.45, 2.75) is 26.2 Å². The van der Waals surface area contributed by atoms with Gasteiger partial charge in [0.15, 0.2) is 0 Å². The van der Waals surface area contributed by atoms with Gasteiger partial charge in [-0.25, -0.2) is 4.98 Å². The molecule has 3 nitrogen and oxygen atoms in total. The molecule has 1 aromatic rings. The number of hydrogen-bond donors (Lipinski definition) is 2. The average molecular weight is 285 g/mol. The third-order valence-corrected chi connectivity index (χ3v) is 4.12. The third-order valence-electron chi connectivity index (χ3n) is 3.29. The van der Waals surface area contributed by atoms with Gasteiger partial charge in [-0.15, -0.1) is 0 Å². The lowest BCUT2D eigenvalue weighted by Crippen LogP contribution is -2.17. The first-order valence-electron chi connectivity index (χ1n) is 5.62. The van der Waals surface area contributed by atoms with Crippen LogP contribution in [0.4, 0.5) is 5.82 Å². The van der Waals surface area contributed by atoms with Gasteiger partial charge in [-0.3, -0.25) is 0 Å². The number of nitrogens with zero attached hydrogens (tertiary/aromatic N) is 1. The summed E-state index contributed by atoms with van der Waals surface area (Å²) in [5, 5.41) is 12.3. The molecule has 0 atom stereocenters. The van der Waals surface area contributed by atoms with Gasteiger partial charge in [0.2, 0.25) is 0 Å². The molecule has 0 saturated heterocycles. The molecule has 88 valence electrons. The van der Waals surface area contributed by atoms with Crippen LogP contribution in [-0.4, -0.2) is 23.2 Å². The van der Waals surface area contributed by atoms with E-state index in [4.69, 9.17) is 5.11 Å².